The highest BCUT2D eigenvalue weighted by atomic mass is 35.5. The maximum absolute atomic E-state index is 13.1. The molecule has 33 heavy (non-hydrogen) atoms. The Labute approximate surface area is 206 Å². The lowest BCUT2D eigenvalue weighted by Crippen LogP contribution is -2.37. The molecular formula is C25H43ClN2O4S. The van der Waals surface area contributed by atoms with Crippen LogP contribution < -0.4 is 0 Å². The molecule has 0 spiro atoms. The first kappa shape index (κ1) is 29.9. The van der Waals surface area contributed by atoms with Crippen LogP contribution in [-0.2, 0) is 10.0 Å². The Morgan fingerprint density at radius 1 is 0.879 bits per heavy atom. The van der Waals surface area contributed by atoms with Crippen LogP contribution in [0.3, 0.4) is 0 Å². The van der Waals surface area contributed by atoms with E-state index in [9.17, 15) is 18.5 Å². The van der Waals surface area contributed by atoms with Gasteiger partial charge in [-0.2, -0.15) is 4.31 Å². The number of benzene rings is 1. The van der Waals surface area contributed by atoms with Gasteiger partial charge in [0.15, 0.2) is 0 Å². The van der Waals surface area contributed by atoms with Gasteiger partial charge in [-0.1, -0.05) is 102 Å². The second-order valence-corrected chi connectivity index (χ2v) is 11.5. The van der Waals surface area contributed by atoms with Crippen LogP contribution in [-0.4, -0.2) is 30.2 Å². The fraction of sp³-hybridized carbons (Fsp3) is 0.760. The van der Waals surface area contributed by atoms with Crippen molar-refractivity contribution in [3.05, 3.63) is 33.3 Å². The third-order valence-electron chi connectivity index (χ3n) is 6.03. The SMILES string of the molecule is CCCCCCCCCCCCCCCCN(C(C)C)S(=O)(=O)c1ccc(Cl)c([N+](=O)[O-])c1. The number of unbranched alkanes of at least 4 members (excludes halogenated alkanes) is 13. The largest absolute Gasteiger partial charge is 0.289 e. The Morgan fingerprint density at radius 2 is 1.33 bits per heavy atom. The number of rotatable bonds is 19. The summed E-state index contributed by atoms with van der Waals surface area (Å²) in [6.45, 7) is 6.31. The van der Waals surface area contributed by atoms with E-state index in [4.69, 9.17) is 11.6 Å². The van der Waals surface area contributed by atoms with E-state index in [1.165, 1.54) is 87.1 Å². The predicted molar refractivity (Wildman–Crippen MR) is 137 cm³/mol. The highest BCUT2D eigenvalue weighted by Gasteiger charge is 2.28. The van der Waals surface area contributed by atoms with Crippen LogP contribution in [0.1, 0.15) is 111 Å². The topological polar surface area (TPSA) is 80.5 Å². The van der Waals surface area contributed by atoms with Crippen molar-refractivity contribution in [3.8, 4) is 0 Å². The van der Waals surface area contributed by atoms with Gasteiger partial charge in [-0.25, -0.2) is 8.42 Å². The standard InChI is InChI=1S/C25H43ClN2O4S/c1-4-5-6-7-8-9-10-11-12-13-14-15-16-17-20-27(22(2)3)33(31,32)23-18-19-24(26)25(21-23)28(29)30/h18-19,21-22H,4-17,20H2,1-3H3. The first-order valence-electron chi connectivity index (χ1n) is 12.7. The monoisotopic (exact) mass is 502 g/mol. The number of nitro benzene ring substituents is 1. The van der Waals surface area contributed by atoms with Crippen molar-refractivity contribution in [1.82, 2.24) is 4.31 Å². The summed E-state index contributed by atoms with van der Waals surface area (Å²) in [4.78, 5) is 10.4. The highest BCUT2D eigenvalue weighted by Crippen LogP contribution is 2.29. The Morgan fingerprint density at radius 3 is 1.76 bits per heavy atom. The van der Waals surface area contributed by atoms with Crippen LogP contribution in [0.5, 0.6) is 0 Å². The van der Waals surface area contributed by atoms with Crippen LogP contribution in [0.15, 0.2) is 23.1 Å². The average Bonchev–Trinajstić information content (AvgIpc) is 2.76. The molecule has 0 aromatic heterocycles. The predicted octanol–water partition coefficient (Wildman–Crippen LogP) is 8.13. The second kappa shape index (κ2) is 16.4. The van der Waals surface area contributed by atoms with Crippen molar-refractivity contribution in [1.29, 1.82) is 0 Å². The molecule has 0 heterocycles. The third-order valence-corrected chi connectivity index (χ3v) is 8.42. The normalized spacial score (nSPS) is 12.1. The summed E-state index contributed by atoms with van der Waals surface area (Å²) < 4.78 is 27.6. The molecule has 0 bridgehead atoms. The van der Waals surface area contributed by atoms with Gasteiger partial charge < -0.3 is 0 Å². The van der Waals surface area contributed by atoms with E-state index in [0.717, 1.165) is 25.3 Å². The molecule has 6 nitrogen and oxygen atoms in total. The van der Waals surface area contributed by atoms with E-state index >= 15 is 0 Å². The molecule has 0 amide bonds. The number of nitrogens with zero attached hydrogens (tertiary/aromatic N) is 2. The summed E-state index contributed by atoms with van der Waals surface area (Å²) in [5, 5.41) is 11.1. The lowest BCUT2D eigenvalue weighted by molar-refractivity contribution is -0.384. The molecule has 190 valence electrons. The number of nitro groups is 1. The van der Waals surface area contributed by atoms with E-state index < -0.39 is 20.6 Å². The molecule has 0 atom stereocenters. The van der Waals surface area contributed by atoms with Crippen LogP contribution >= 0.6 is 11.6 Å². The molecule has 0 aliphatic rings. The molecule has 0 aliphatic carbocycles. The van der Waals surface area contributed by atoms with Crippen molar-refractivity contribution in [2.24, 2.45) is 0 Å². The van der Waals surface area contributed by atoms with Gasteiger partial charge in [-0.05, 0) is 32.4 Å². The Bertz CT molecular complexity index is 800. The second-order valence-electron chi connectivity index (χ2n) is 9.18. The molecule has 0 radical (unpaired) electrons. The first-order valence-corrected chi connectivity index (χ1v) is 14.5. The summed E-state index contributed by atoms with van der Waals surface area (Å²) in [5.74, 6) is 0. The van der Waals surface area contributed by atoms with Crippen LogP contribution in [0.25, 0.3) is 0 Å². The Balaban J connectivity index is 2.33. The van der Waals surface area contributed by atoms with Crippen molar-refractivity contribution in [3.63, 3.8) is 0 Å². The zero-order valence-corrected chi connectivity index (χ0v) is 22.3. The molecule has 0 saturated carbocycles. The fourth-order valence-corrected chi connectivity index (χ4v) is 5.93. The molecule has 0 saturated heterocycles. The van der Waals surface area contributed by atoms with Crippen molar-refractivity contribution >= 4 is 27.3 Å². The molecule has 8 heteroatoms. The molecule has 0 unspecified atom stereocenters. The first-order chi connectivity index (χ1) is 15.7. The zero-order chi connectivity index (χ0) is 24.7. The van der Waals surface area contributed by atoms with E-state index in [2.05, 4.69) is 6.92 Å². The quantitative estimate of drug-likeness (QED) is 0.109. The van der Waals surface area contributed by atoms with Gasteiger partial charge in [0.2, 0.25) is 10.0 Å². The van der Waals surface area contributed by atoms with Gasteiger partial charge in [-0.3, -0.25) is 10.1 Å². The minimum Gasteiger partial charge on any atom is -0.258 e. The summed E-state index contributed by atoms with van der Waals surface area (Å²) in [6.07, 6.45) is 17.4. The van der Waals surface area contributed by atoms with Gasteiger partial charge in [0.05, 0.1) is 9.82 Å². The van der Waals surface area contributed by atoms with Gasteiger partial charge in [0.25, 0.3) is 5.69 Å². The number of halogens is 1. The smallest absolute Gasteiger partial charge is 0.258 e. The maximum atomic E-state index is 13.1. The van der Waals surface area contributed by atoms with Gasteiger partial charge in [-0.15, -0.1) is 0 Å². The fourth-order valence-electron chi connectivity index (χ4n) is 4.05. The summed E-state index contributed by atoms with van der Waals surface area (Å²) in [5.41, 5.74) is -0.391. The maximum Gasteiger partial charge on any atom is 0.289 e. The van der Waals surface area contributed by atoms with E-state index in [0.29, 0.717) is 6.54 Å². The number of hydrogen-bond donors (Lipinski definition) is 0. The Kier molecular flexibility index (Phi) is 14.9. The molecule has 1 rings (SSSR count). The van der Waals surface area contributed by atoms with Crippen molar-refractivity contribution in [2.75, 3.05) is 6.54 Å². The van der Waals surface area contributed by atoms with Crippen LogP contribution in [0.2, 0.25) is 5.02 Å². The lowest BCUT2D eigenvalue weighted by atomic mass is 10.0. The molecule has 1 aromatic carbocycles. The molecule has 0 N–H and O–H groups in total. The van der Waals surface area contributed by atoms with E-state index in [1.807, 2.05) is 13.8 Å². The van der Waals surface area contributed by atoms with Crippen LogP contribution in [0.4, 0.5) is 5.69 Å². The number of hydrogen-bond acceptors (Lipinski definition) is 4. The van der Waals surface area contributed by atoms with Crippen LogP contribution in [0, 0.1) is 10.1 Å². The molecule has 0 fully saturated rings. The average molecular weight is 503 g/mol. The number of sulfonamides is 1. The summed E-state index contributed by atoms with van der Waals surface area (Å²) in [7, 11) is -3.82. The van der Waals surface area contributed by atoms with Crippen molar-refractivity contribution < 1.29 is 13.3 Å². The van der Waals surface area contributed by atoms with Gasteiger partial charge in [0.1, 0.15) is 5.02 Å². The minimum absolute atomic E-state index is 0.0676. The van der Waals surface area contributed by atoms with Gasteiger partial charge >= 0.3 is 0 Å². The zero-order valence-electron chi connectivity index (χ0n) is 20.7. The lowest BCUT2D eigenvalue weighted by Gasteiger charge is -2.26. The van der Waals surface area contributed by atoms with E-state index in [-0.39, 0.29) is 16.0 Å². The highest BCUT2D eigenvalue weighted by molar-refractivity contribution is 7.89. The summed E-state index contributed by atoms with van der Waals surface area (Å²) in [6, 6.07) is 3.44. The van der Waals surface area contributed by atoms with E-state index in [1.54, 1.807) is 0 Å². The third kappa shape index (κ3) is 11.2. The molecule has 1 aromatic rings. The Hall–Kier alpha value is -1.18. The summed E-state index contributed by atoms with van der Waals surface area (Å²) >= 11 is 5.84. The molecular weight excluding hydrogens is 460 g/mol. The minimum atomic E-state index is -3.82. The van der Waals surface area contributed by atoms with Gasteiger partial charge in [0, 0.05) is 18.7 Å². The van der Waals surface area contributed by atoms with Crippen molar-refractivity contribution in [2.45, 2.75) is 122 Å². The molecule has 0 aliphatic heterocycles.